The number of rotatable bonds is 4. The number of anilines is 1. The molecule has 0 atom stereocenters. The molecule has 7 nitrogen and oxygen atoms in total. The number of hydrogen-bond donors (Lipinski definition) is 4. The van der Waals surface area contributed by atoms with E-state index in [9.17, 15) is 18.0 Å². The summed E-state index contributed by atoms with van der Waals surface area (Å²) in [7, 11) is 0. The monoisotopic (exact) mass is 382 g/mol. The second-order valence-electron chi connectivity index (χ2n) is 5.11. The van der Waals surface area contributed by atoms with Crippen LogP contribution >= 0.6 is 0 Å². The van der Waals surface area contributed by atoms with Gasteiger partial charge in [0.25, 0.3) is 0 Å². The quantitative estimate of drug-likeness (QED) is 0.401. The average molecular weight is 382 g/mol. The predicted octanol–water partition coefficient (Wildman–Crippen LogP) is -0.908. The number of carboxylic acid groups (broad SMARTS) is 1. The van der Waals surface area contributed by atoms with Crippen molar-refractivity contribution in [3.05, 3.63) is 65.7 Å². The Kier molecular flexibility index (Phi) is 7.80. The highest BCUT2D eigenvalue weighted by molar-refractivity contribution is 5.92. The van der Waals surface area contributed by atoms with Gasteiger partial charge in [0, 0.05) is 5.56 Å². The van der Waals surface area contributed by atoms with Crippen molar-refractivity contribution < 1.29 is 32.9 Å². The first-order chi connectivity index (χ1) is 12.6. The number of guanidine groups is 1. The highest BCUT2D eigenvalue weighted by atomic mass is 19.4. The molecule has 0 fully saturated rings. The molecule has 2 aromatic rings. The highest BCUT2D eigenvalue weighted by Gasteiger charge is 2.28. The molecular formula is C17H17F3N4O3. The van der Waals surface area contributed by atoms with Crippen LogP contribution in [0.4, 0.5) is 18.9 Å². The molecule has 2 aromatic carbocycles. The first-order valence-electron chi connectivity index (χ1n) is 7.45. The molecule has 10 heteroatoms. The Labute approximate surface area is 152 Å². The standard InChI is InChI=1S/C15H16N4O.C2HF3O2/c16-14(20)12-6-4-5-11(9-12)10-18-15(17)19-13-7-2-1-3-8-13;3-2(4,5)1(6)7/h1-9H,10H2,(H2,16,20)(H3,17,18,19);(H,6,7). The third-order valence-corrected chi connectivity index (χ3v) is 2.98. The number of benzene rings is 2. The van der Waals surface area contributed by atoms with Crippen molar-refractivity contribution in [2.45, 2.75) is 12.7 Å². The van der Waals surface area contributed by atoms with Crippen LogP contribution in [0, 0.1) is 0 Å². The third kappa shape index (κ3) is 8.38. The van der Waals surface area contributed by atoms with Crippen molar-refractivity contribution in [2.24, 2.45) is 11.5 Å². The van der Waals surface area contributed by atoms with Crippen molar-refractivity contribution >= 4 is 23.5 Å². The van der Waals surface area contributed by atoms with Crippen LogP contribution in [0.15, 0.2) is 54.6 Å². The van der Waals surface area contributed by atoms with Gasteiger partial charge in [-0.2, -0.15) is 13.2 Å². The molecule has 144 valence electrons. The van der Waals surface area contributed by atoms with Crippen molar-refractivity contribution in [1.82, 2.24) is 0 Å². The van der Waals surface area contributed by atoms with Gasteiger partial charge in [-0.3, -0.25) is 15.5 Å². The number of amides is 1. The second kappa shape index (κ2) is 9.80. The number of carboxylic acids is 1. The van der Waals surface area contributed by atoms with E-state index >= 15 is 0 Å². The van der Waals surface area contributed by atoms with Crippen LogP contribution in [0.25, 0.3) is 0 Å². The summed E-state index contributed by atoms with van der Waals surface area (Å²) in [6.07, 6.45) is -5.19. The molecule has 2 rings (SSSR count). The zero-order chi connectivity index (χ0) is 20.4. The Morgan fingerprint density at radius 1 is 1.04 bits per heavy atom. The lowest BCUT2D eigenvalue weighted by atomic mass is 10.1. The van der Waals surface area contributed by atoms with Crippen LogP contribution in [-0.4, -0.2) is 24.0 Å². The highest BCUT2D eigenvalue weighted by Crippen LogP contribution is 2.11. The number of nitrogens with two attached hydrogens (primary N) is 2. The summed E-state index contributed by atoms with van der Waals surface area (Å²) in [6, 6.07) is 16.7. The molecule has 0 heterocycles. The number of nitrogens with one attached hydrogen (secondary N) is 2. The van der Waals surface area contributed by atoms with Gasteiger partial charge in [-0.05, 0) is 29.8 Å². The smallest absolute Gasteiger partial charge is 0.430 e. The van der Waals surface area contributed by atoms with Gasteiger partial charge in [0.15, 0.2) is 0 Å². The zero-order valence-electron chi connectivity index (χ0n) is 13.9. The normalized spacial score (nSPS) is 11.1. The number of alkyl halides is 3. The van der Waals surface area contributed by atoms with E-state index in [1.54, 1.807) is 18.2 Å². The van der Waals surface area contributed by atoms with Crippen molar-refractivity contribution in [3.8, 4) is 0 Å². The minimum absolute atomic E-state index is 0.439. The Morgan fingerprint density at radius 2 is 1.63 bits per heavy atom. The van der Waals surface area contributed by atoms with E-state index in [1.807, 2.05) is 36.4 Å². The van der Waals surface area contributed by atoms with E-state index in [2.05, 4.69) is 10.3 Å². The number of halogens is 3. The Morgan fingerprint density at radius 3 is 2.15 bits per heavy atom. The summed E-state index contributed by atoms with van der Waals surface area (Å²) in [5.74, 6) is -3.00. The summed E-state index contributed by atoms with van der Waals surface area (Å²) in [6.45, 7) is 0.507. The van der Waals surface area contributed by atoms with E-state index in [4.69, 9.17) is 21.4 Å². The van der Waals surface area contributed by atoms with Crippen LogP contribution < -0.4 is 26.9 Å². The van der Waals surface area contributed by atoms with Crippen molar-refractivity contribution in [3.63, 3.8) is 0 Å². The number of para-hydroxylation sites is 1. The van der Waals surface area contributed by atoms with E-state index in [0.717, 1.165) is 11.3 Å². The molecule has 0 aliphatic heterocycles. The Hall–Kier alpha value is -3.56. The molecule has 0 saturated carbocycles. The fourth-order valence-corrected chi connectivity index (χ4v) is 1.75. The average Bonchev–Trinajstić information content (AvgIpc) is 2.61. The molecule has 0 saturated heterocycles. The maximum absolute atomic E-state index is 11.1. The van der Waals surface area contributed by atoms with Crippen LogP contribution in [-0.2, 0) is 11.3 Å². The van der Waals surface area contributed by atoms with Gasteiger partial charge in [0.1, 0.15) is 5.97 Å². The molecule has 27 heavy (non-hydrogen) atoms. The molecule has 0 bridgehead atoms. The van der Waals surface area contributed by atoms with Crippen LogP contribution in [0.3, 0.4) is 0 Å². The maximum atomic E-state index is 11.1. The number of aliphatic carboxylic acids is 1. The minimum Gasteiger partial charge on any atom is -0.542 e. The van der Waals surface area contributed by atoms with Gasteiger partial charge in [0.2, 0.25) is 5.91 Å². The van der Waals surface area contributed by atoms with Gasteiger partial charge in [-0.25, -0.2) is 5.32 Å². The Bertz CT molecular complexity index is 809. The molecular weight excluding hydrogens is 365 g/mol. The van der Waals surface area contributed by atoms with Crippen LogP contribution in [0.5, 0.6) is 0 Å². The van der Waals surface area contributed by atoms with Crippen molar-refractivity contribution in [1.29, 1.82) is 0 Å². The van der Waals surface area contributed by atoms with Gasteiger partial charge in [0.05, 0.1) is 12.2 Å². The number of carbonyl (C=O) groups is 2. The predicted molar refractivity (Wildman–Crippen MR) is 89.9 cm³/mol. The zero-order valence-corrected chi connectivity index (χ0v) is 13.9. The topological polar surface area (TPSA) is 135 Å². The first-order valence-corrected chi connectivity index (χ1v) is 7.45. The fraction of sp³-hybridized carbons (Fsp3) is 0.118. The lowest BCUT2D eigenvalue weighted by Gasteiger charge is -2.03. The van der Waals surface area contributed by atoms with Gasteiger partial charge in [-0.1, -0.05) is 30.3 Å². The summed E-state index contributed by atoms with van der Waals surface area (Å²) in [5, 5.41) is 11.8. The minimum atomic E-state index is -5.19. The van der Waals surface area contributed by atoms with Crippen LogP contribution in [0.1, 0.15) is 15.9 Å². The molecule has 0 aliphatic carbocycles. The van der Waals surface area contributed by atoms with Crippen molar-refractivity contribution in [2.75, 3.05) is 5.32 Å². The summed E-state index contributed by atoms with van der Waals surface area (Å²) >= 11 is 0. The molecule has 0 aromatic heterocycles. The van der Waals surface area contributed by atoms with Gasteiger partial charge in [-0.15, -0.1) is 0 Å². The summed E-state index contributed by atoms with van der Waals surface area (Å²) < 4.78 is 31.5. The Balaban J connectivity index is 0.000000445. The molecule has 0 aliphatic rings. The largest absolute Gasteiger partial charge is 0.542 e. The van der Waals surface area contributed by atoms with E-state index in [-0.39, 0.29) is 0 Å². The summed E-state index contributed by atoms with van der Waals surface area (Å²) in [4.78, 5) is 22.9. The molecule has 1 amide bonds. The number of hydrogen-bond acceptors (Lipinski definition) is 3. The van der Waals surface area contributed by atoms with E-state index in [1.165, 1.54) is 0 Å². The molecule has 6 N–H and O–H groups in total. The fourth-order valence-electron chi connectivity index (χ4n) is 1.75. The number of carbonyl (C=O) groups excluding carboxylic acids is 2. The lowest BCUT2D eigenvalue weighted by Crippen LogP contribution is -2.75. The van der Waals surface area contributed by atoms with E-state index in [0.29, 0.717) is 18.1 Å². The molecule has 0 radical (unpaired) electrons. The first kappa shape index (κ1) is 21.5. The summed E-state index contributed by atoms with van der Waals surface area (Å²) in [5.41, 5.74) is 13.4. The van der Waals surface area contributed by atoms with Gasteiger partial charge >= 0.3 is 12.1 Å². The van der Waals surface area contributed by atoms with E-state index < -0.39 is 18.1 Å². The second-order valence-corrected chi connectivity index (χ2v) is 5.11. The lowest BCUT2D eigenvalue weighted by molar-refractivity contribution is -0.476. The van der Waals surface area contributed by atoms with Crippen LogP contribution in [0.2, 0.25) is 0 Å². The van der Waals surface area contributed by atoms with Gasteiger partial charge < -0.3 is 15.6 Å². The molecule has 0 spiro atoms. The SMILES string of the molecule is NC(=O)c1cccc(C[NH+]=C(N)Nc2ccccc2)c1.O=C([O-])C(F)(F)F. The third-order valence-electron chi connectivity index (χ3n) is 2.98. The number of primary amides is 1. The maximum Gasteiger partial charge on any atom is 0.430 e. The molecule has 0 unspecified atom stereocenters.